The van der Waals surface area contributed by atoms with Crippen LogP contribution in [0, 0.1) is 0 Å². The third-order valence-electron chi connectivity index (χ3n) is 4.72. The van der Waals surface area contributed by atoms with Gasteiger partial charge in [0, 0.05) is 40.3 Å². The van der Waals surface area contributed by atoms with Crippen molar-refractivity contribution in [2.24, 2.45) is 0 Å². The van der Waals surface area contributed by atoms with E-state index in [1.165, 1.54) is 0 Å². The second-order valence-corrected chi connectivity index (χ2v) is 8.21. The summed E-state index contributed by atoms with van der Waals surface area (Å²) in [6.45, 7) is 8.27. The fourth-order valence-electron chi connectivity index (χ4n) is 3.05. The molecule has 31 heavy (non-hydrogen) atoms. The lowest BCUT2D eigenvalue weighted by Gasteiger charge is -2.11. The predicted octanol–water partition coefficient (Wildman–Crippen LogP) is 2.24. The van der Waals surface area contributed by atoms with Gasteiger partial charge in [0.15, 0.2) is 28.1 Å². The SMILES string of the molecule is CC(C)n1cnc2c(=O)[nH]c(N(C)C)nc21.CC(C)n1cnc2c(N(C)C)ncnc21. The Kier molecular flexibility index (Phi) is 6.23. The summed E-state index contributed by atoms with van der Waals surface area (Å²) in [5, 5.41) is 0. The molecule has 0 saturated heterocycles. The van der Waals surface area contributed by atoms with Gasteiger partial charge in [0.05, 0.1) is 12.7 Å². The Labute approximate surface area is 180 Å². The highest BCUT2D eigenvalue weighted by molar-refractivity contribution is 5.83. The molecule has 4 aromatic heterocycles. The molecule has 0 aromatic carbocycles. The highest BCUT2D eigenvalue weighted by atomic mass is 16.1. The molecule has 0 aliphatic rings. The number of hydrogen-bond donors (Lipinski definition) is 1. The second kappa shape index (κ2) is 8.70. The first-order valence-corrected chi connectivity index (χ1v) is 10.1. The highest BCUT2D eigenvalue weighted by Crippen LogP contribution is 2.21. The zero-order valence-corrected chi connectivity index (χ0v) is 19.3. The number of aromatic amines is 1. The molecule has 11 heteroatoms. The monoisotopic (exact) mass is 426 g/mol. The summed E-state index contributed by atoms with van der Waals surface area (Å²) in [6, 6.07) is 0.592. The van der Waals surface area contributed by atoms with E-state index in [9.17, 15) is 4.79 Å². The maximum Gasteiger partial charge on any atom is 0.280 e. The molecule has 4 heterocycles. The fourth-order valence-corrected chi connectivity index (χ4v) is 3.05. The smallest absolute Gasteiger partial charge is 0.280 e. The lowest BCUT2D eigenvalue weighted by molar-refractivity contribution is 0.612. The van der Waals surface area contributed by atoms with Gasteiger partial charge in [-0.05, 0) is 27.7 Å². The Bertz CT molecular complexity index is 1230. The van der Waals surface area contributed by atoms with Crippen molar-refractivity contribution >= 4 is 34.1 Å². The number of aromatic nitrogens is 8. The molecule has 4 aromatic rings. The van der Waals surface area contributed by atoms with Gasteiger partial charge in [-0.3, -0.25) is 9.78 Å². The van der Waals surface area contributed by atoms with Gasteiger partial charge in [0.25, 0.3) is 5.56 Å². The summed E-state index contributed by atoms with van der Waals surface area (Å²) in [5.74, 6) is 1.40. The maximum absolute atomic E-state index is 11.7. The van der Waals surface area contributed by atoms with Gasteiger partial charge in [-0.25, -0.2) is 19.9 Å². The molecule has 0 saturated carbocycles. The van der Waals surface area contributed by atoms with E-state index in [1.807, 2.05) is 62.4 Å². The van der Waals surface area contributed by atoms with Crippen LogP contribution in [0.2, 0.25) is 0 Å². The number of fused-ring (bicyclic) bond motifs is 2. The van der Waals surface area contributed by atoms with Gasteiger partial charge < -0.3 is 18.9 Å². The molecule has 11 nitrogen and oxygen atoms in total. The van der Waals surface area contributed by atoms with Crippen molar-refractivity contribution < 1.29 is 0 Å². The van der Waals surface area contributed by atoms with E-state index in [1.54, 1.807) is 17.6 Å². The van der Waals surface area contributed by atoms with Crippen molar-refractivity contribution in [2.45, 2.75) is 39.8 Å². The van der Waals surface area contributed by atoms with Crippen LogP contribution in [0.25, 0.3) is 22.3 Å². The molecule has 1 N–H and O–H groups in total. The minimum atomic E-state index is -0.201. The molecular weight excluding hydrogens is 396 g/mol. The molecule has 0 atom stereocenters. The standard InChI is InChI=1S/C10H15N5O.C10H15N5/c1-6(2)15-5-11-7-8(15)12-10(14(3)4)13-9(7)16;1-7(2)15-6-13-8-9(14(3)4)11-5-12-10(8)15/h5-6H,1-4H3,(H,12,13,16);5-7H,1-4H3. The topological polar surface area (TPSA) is 114 Å². The van der Waals surface area contributed by atoms with E-state index in [4.69, 9.17) is 0 Å². The first-order valence-electron chi connectivity index (χ1n) is 10.1. The van der Waals surface area contributed by atoms with E-state index in [2.05, 4.69) is 43.8 Å². The van der Waals surface area contributed by atoms with Gasteiger partial charge in [-0.2, -0.15) is 4.98 Å². The minimum absolute atomic E-state index is 0.201. The van der Waals surface area contributed by atoms with Crippen molar-refractivity contribution in [3.63, 3.8) is 0 Å². The summed E-state index contributed by atoms with van der Waals surface area (Å²) < 4.78 is 3.93. The van der Waals surface area contributed by atoms with E-state index >= 15 is 0 Å². The summed E-state index contributed by atoms with van der Waals surface area (Å²) in [7, 11) is 7.58. The average Bonchev–Trinajstić information content (AvgIpc) is 3.32. The molecule has 166 valence electrons. The average molecular weight is 427 g/mol. The zero-order chi connectivity index (χ0) is 22.9. The summed E-state index contributed by atoms with van der Waals surface area (Å²) in [5.41, 5.74) is 2.56. The van der Waals surface area contributed by atoms with Crippen molar-refractivity contribution in [3.05, 3.63) is 29.3 Å². The number of nitrogens with zero attached hydrogens (tertiary/aromatic N) is 9. The molecule has 0 fully saturated rings. The Hall–Kier alpha value is -3.50. The Morgan fingerprint density at radius 1 is 0.806 bits per heavy atom. The summed E-state index contributed by atoms with van der Waals surface area (Å²) in [6.07, 6.45) is 5.05. The number of hydrogen-bond acceptors (Lipinski definition) is 8. The lowest BCUT2D eigenvalue weighted by Crippen LogP contribution is -2.19. The third-order valence-corrected chi connectivity index (χ3v) is 4.72. The van der Waals surface area contributed by atoms with Crippen LogP contribution in [0.1, 0.15) is 39.8 Å². The van der Waals surface area contributed by atoms with Crippen LogP contribution in [0.4, 0.5) is 11.8 Å². The number of nitrogens with one attached hydrogen (secondary N) is 1. The number of imidazole rings is 2. The molecular formula is C20H30N10O. The van der Waals surface area contributed by atoms with Crippen LogP contribution >= 0.6 is 0 Å². The van der Waals surface area contributed by atoms with E-state index < -0.39 is 0 Å². The van der Waals surface area contributed by atoms with Crippen molar-refractivity contribution in [3.8, 4) is 0 Å². The molecule has 0 bridgehead atoms. The van der Waals surface area contributed by atoms with Crippen molar-refractivity contribution in [1.29, 1.82) is 0 Å². The third kappa shape index (κ3) is 4.35. The maximum atomic E-state index is 11.7. The molecule has 0 spiro atoms. The van der Waals surface area contributed by atoms with Crippen molar-refractivity contribution in [1.82, 2.24) is 39.0 Å². The number of rotatable bonds is 4. The molecule has 0 unspecified atom stereocenters. The van der Waals surface area contributed by atoms with Gasteiger partial charge in [0.1, 0.15) is 6.33 Å². The fraction of sp³-hybridized carbons (Fsp3) is 0.500. The van der Waals surface area contributed by atoms with E-state index in [0.717, 1.165) is 17.0 Å². The zero-order valence-electron chi connectivity index (χ0n) is 19.3. The quantitative estimate of drug-likeness (QED) is 0.528. The molecule has 4 rings (SSSR count). The largest absolute Gasteiger partial charge is 0.361 e. The number of H-pyrrole nitrogens is 1. The van der Waals surface area contributed by atoms with Crippen LogP contribution in [0.15, 0.2) is 23.8 Å². The van der Waals surface area contributed by atoms with Gasteiger partial charge >= 0.3 is 0 Å². The van der Waals surface area contributed by atoms with Crippen molar-refractivity contribution in [2.75, 3.05) is 38.0 Å². The first-order chi connectivity index (χ1) is 14.6. The molecule has 0 amide bonds. The molecule has 0 radical (unpaired) electrons. The van der Waals surface area contributed by atoms with Crippen LogP contribution in [-0.2, 0) is 0 Å². The Morgan fingerprint density at radius 3 is 1.94 bits per heavy atom. The number of anilines is 2. The van der Waals surface area contributed by atoms with Gasteiger partial charge in [-0.15, -0.1) is 0 Å². The van der Waals surface area contributed by atoms with Crippen LogP contribution < -0.4 is 15.4 Å². The van der Waals surface area contributed by atoms with Crippen LogP contribution in [0.3, 0.4) is 0 Å². The summed E-state index contributed by atoms with van der Waals surface area (Å²) in [4.78, 5) is 39.4. The first kappa shape index (κ1) is 22.2. The Balaban J connectivity index is 0.000000176. The minimum Gasteiger partial charge on any atom is -0.361 e. The van der Waals surface area contributed by atoms with E-state index in [0.29, 0.717) is 23.2 Å². The predicted molar refractivity (Wildman–Crippen MR) is 123 cm³/mol. The Morgan fingerprint density at radius 2 is 1.39 bits per heavy atom. The normalized spacial score (nSPS) is 11.3. The van der Waals surface area contributed by atoms with Gasteiger partial charge in [-0.1, -0.05) is 0 Å². The summed E-state index contributed by atoms with van der Waals surface area (Å²) >= 11 is 0. The van der Waals surface area contributed by atoms with Crippen LogP contribution in [0.5, 0.6) is 0 Å². The van der Waals surface area contributed by atoms with E-state index in [-0.39, 0.29) is 11.6 Å². The molecule has 0 aliphatic heterocycles. The lowest BCUT2D eigenvalue weighted by atomic mass is 10.4. The second-order valence-electron chi connectivity index (χ2n) is 8.21. The highest BCUT2D eigenvalue weighted by Gasteiger charge is 2.13. The van der Waals surface area contributed by atoms with Crippen LogP contribution in [-0.4, -0.2) is 67.2 Å². The van der Waals surface area contributed by atoms with Gasteiger partial charge in [0.2, 0.25) is 5.95 Å². The molecule has 0 aliphatic carbocycles.